The van der Waals surface area contributed by atoms with Crippen molar-refractivity contribution in [2.45, 2.75) is 19.8 Å². The Morgan fingerprint density at radius 2 is 1.92 bits per heavy atom. The number of nitrogens with one attached hydrogen (secondary N) is 1. The van der Waals surface area contributed by atoms with Crippen LogP contribution in [0.15, 0.2) is 12.4 Å². The molecule has 2 fully saturated rings. The van der Waals surface area contributed by atoms with Crippen molar-refractivity contribution in [2.24, 2.45) is 5.92 Å². The SMILES string of the molecule is CCNc1ncc(C(=O)N2CCN(CC3CCCN(C)C3)CC2)cn1. The van der Waals surface area contributed by atoms with Crippen molar-refractivity contribution in [2.75, 3.05) is 64.7 Å². The van der Waals surface area contributed by atoms with Gasteiger partial charge in [-0.15, -0.1) is 0 Å². The molecule has 0 bridgehead atoms. The molecule has 1 aromatic heterocycles. The number of nitrogens with zero attached hydrogens (tertiary/aromatic N) is 5. The molecule has 1 N–H and O–H groups in total. The zero-order valence-corrected chi connectivity index (χ0v) is 15.4. The Labute approximate surface area is 150 Å². The van der Waals surface area contributed by atoms with Crippen LogP contribution >= 0.6 is 0 Å². The van der Waals surface area contributed by atoms with Crippen molar-refractivity contribution in [1.82, 2.24) is 24.7 Å². The first-order valence-corrected chi connectivity index (χ1v) is 9.41. The molecule has 1 amide bonds. The highest BCUT2D eigenvalue weighted by molar-refractivity contribution is 5.93. The zero-order valence-electron chi connectivity index (χ0n) is 15.4. The highest BCUT2D eigenvalue weighted by Gasteiger charge is 2.25. The molecule has 1 aromatic rings. The van der Waals surface area contributed by atoms with Gasteiger partial charge in [0.1, 0.15) is 0 Å². The second-order valence-corrected chi connectivity index (χ2v) is 7.19. The Hall–Kier alpha value is -1.73. The van der Waals surface area contributed by atoms with Gasteiger partial charge in [-0.25, -0.2) is 9.97 Å². The number of hydrogen-bond acceptors (Lipinski definition) is 6. The van der Waals surface area contributed by atoms with Crippen molar-refractivity contribution in [3.63, 3.8) is 0 Å². The van der Waals surface area contributed by atoms with Gasteiger partial charge in [0.05, 0.1) is 5.56 Å². The largest absolute Gasteiger partial charge is 0.355 e. The van der Waals surface area contributed by atoms with Gasteiger partial charge in [-0.1, -0.05) is 0 Å². The summed E-state index contributed by atoms with van der Waals surface area (Å²) in [5, 5.41) is 3.04. The maximum absolute atomic E-state index is 12.6. The Morgan fingerprint density at radius 1 is 1.20 bits per heavy atom. The summed E-state index contributed by atoms with van der Waals surface area (Å²) in [6, 6.07) is 0. The molecule has 1 unspecified atom stereocenters. The van der Waals surface area contributed by atoms with Crippen molar-refractivity contribution in [3.05, 3.63) is 18.0 Å². The normalized spacial score (nSPS) is 22.8. The summed E-state index contributed by atoms with van der Waals surface area (Å²) >= 11 is 0. The first-order valence-electron chi connectivity index (χ1n) is 9.41. The monoisotopic (exact) mass is 346 g/mol. The minimum atomic E-state index is 0.0418. The fourth-order valence-corrected chi connectivity index (χ4v) is 3.79. The van der Waals surface area contributed by atoms with Gasteiger partial charge >= 0.3 is 0 Å². The van der Waals surface area contributed by atoms with Crippen LogP contribution in [0.4, 0.5) is 5.95 Å². The summed E-state index contributed by atoms with van der Waals surface area (Å²) in [4.78, 5) is 27.9. The number of rotatable bonds is 5. The van der Waals surface area contributed by atoms with E-state index in [0.717, 1.165) is 45.2 Å². The van der Waals surface area contributed by atoms with E-state index in [-0.39, 0.29) is 5.91 Å². The third-order valence-corrected chi connectivity index (χ3v) is 5.13. The van der Waals surface area contributed by atoms with E-state index >= 15 is 0 Å². The van der Waals surface area contributed by atoms with Crippen LogP contribution in [0.5, 0.6) is 0 Å². The third kappa shape index (κ3) is 4.89. The standard InChI is InChI=1S/C18H30N6O/c1-3-19-18-20-11-16(12-21-18)17(25)24-9-7-23(8-10-24)14-15-5-4-6-22(2)13-15/h11-12,15H,3-10,13-14H2,1-2H3,(H,19,20,21). The van der Waals surface area contributed by atoms with Crippen molar-refractivity contribution in [1.29, 1.82) is 0 Å². The number of likely N-dealkylation sites (tertiary alicyclic amines) is 1. The lowest BCUT2D eigenvalue weighted by Gasteiger charge is -2.38. The number of piperidine rings is 1. The van der Waals surface area contributed by atoms with Crippen molar-refractivity contribution < 1.29 is 4.79 Å². The number of anilines is 1. The number of carbonyl (C=O) groups is 1. The summed E-state index contributed by atoms with van der Waals surface area (Å²) in [7, 11) is 2.21. The third-order valence-electron chi connectivity index (χ3n) is 5.13. The molecule has 3 rings (SSSR count). The lowest BCUT2D eigenvalue weighted by molar-refractivity contribution is 0.0588. The second kappa shape index (κ2) is 8.58. The fraction of sp³-hybridized carbons (Fsp3) is 0.722. The van der Waals surface area contributed by atoms with Gasteiger partial charge < -0.3 is 15.1 Å². The lowest BCUT2D eigenvalue weighted by atomic mass is 9.97. The summed E-state index contributed by atoms with van der Waals surface area (Å²) in [5.41, 5.74) is 0.573. The van der Waals surface area contributed by atoms with Gasteiger partial charge in [0, 0.05) is 58.2 Å². The smallest absolute Gasteiger partial charge is 0.257 e. The molecule has 0 spiro atoms. The van der Waals surface area contributed by atoms with E-state index in [9.17, 15) is 4.79 Å². The molecule has 0 saturated carbocycles. The molecule has 0 aromatic carbocycles. The summed E-state index contributed by atoms with van der Waals surface area (Å²) in [5.74, 6) is 1.38. The van der Waals surface area contributed by atoms with Crippen LogP contribution in [0.3, 0.4) is 0 Å². The molecule has 2 aliphatic rings. The molecule has 0 aliphatic carbocycles. The topological polar surface area (TPSA) is 64.6 Å². The molecule has 1 atom stereocenters. The first kappa shape index (κ1) is 18.1. The Bertz CT molecular complexity index is 555. The van der Waals surface area contributed by atoms with Gasteiger partial charge in [0.25, 0.3) is 5.91 Å². The zero-order chi connectivity index (χ0) is 17.6. The number of amides is 1. The fourth-order valence-electron chi connectivity index (χ4n) is 3.79. The van der Waals surface area contributed by atoms with Gasteiger partial charge in [-0.05, 0) is 39.3 Å². The van der Waals surface area contributed by atoms with Gasteiger partial charge in [-0.3, -0.25) is 9.69 Å². The van der Waals surface area contributed by atoms with E-state index in [0.29, 0.717) is 11.5 Å². The molecule has 7 heteroatoms. The van der Waals surface area contributed by atoms with E-state index < -0.39 is 0 Å². The molecular weight excluding hydrogens is 316 g/mol. The van der Waals surface area contributed by atoms with Crippen LogP contribution in [0.1, 0.15) is 30.1 Å². The lowest BCUT2D eigenvalue weighted by Crippen LogP contribution is -2.51. The van der Waals surface area contributed by atoms with Crippen LogP contribution in [-0.2, 0) is 0 Å². The molecule has 7 nitrogen and oxygen atoms in total. The number of aromatic nitrogens is 2. The number of carbonyl (C=O) groups excluding carboxylic acids is 1. The van der Waals surface area contributed by atoms with Crippen LogP contribution < -0.4 is 5.32 Å². The van der Waals surface area contributed by atoms with E-state index in [1.54, 1.807) is 12.4 Å². The summed E-state index contributed by atoms with van der Waals surface area (Å²) in [6.45, 7) is 9.85. The highest BCUT2D eigenvalue weighted by Crippen LogP contribution is 2.17. The van der Waals surface area contributed by atoms with Crippen LogP contribution in [0.25, 0.3) is 0 Å². The van der Waals surface area contributed by atoms with Crippen molar-refractivity contribution in [3.8, 4) is 0 Å². The van der Waals surface area contributed by atoms with Crippen LogP contribution in [0.2, 0.25) is 0 Å². The molecule has 2 aliphatic heterocycles. The van der Waals surface area contributed by atoms with E-state index in [1.807, 2.05) is 11.8 Å². The Balaban J connectivity index is 1.47. The predicted octanol–water partition coefficient (Wildman–Crippen LogP) is 1.01. The predicted molar refractivity (Wildman–Crippen MR) is 98.8 cm³/mol. The van der Waals surface area contributed by atoms with Gasteiger partial charge in [0.15, 0.2) is 0 Å². The summed E-state index contributed by atoms with van der Waals surface area (Å²) < 4.78 is 0. The number of hydrogen-bond donors (Lipinski definition) is 1. The first-order chi connectivity index (χ1) is 12.2. The van der Waals surface area contributed by atoms with E-state index in [4.69, 9.17) is 0 Å². The molecule has 3 heterocycles. The van der Waals surface area contributed by atoms with Crippen LogP contribution in [-0.4, -0.2) is 90.0 Å². The maximum atomic E-state index is 12.6. The number of piperazine rings is 1. The quantitative estimate of drug-likeness (QED) is 0.858. The minimum absolute atomic E-state index is 0.0418. The van der Waals surface area contributed by atoms with Crippen LogP contribution in [0, 0.1) is 5.92 Å². The van der Waals surface area contributed by atoms with E-state index in [1.165, 1.54) is 25.9 Å². The molecule has 138 valence electrons. The average Bonchev–Trinajstić information content (AvgIpc) is 2.63. The van der Waals surface area contributed by atoms with Gasteiger partial charge in [-0.2, -0.15) is 0 Å². The molecule has 0 radical (unpaired) electrons. The summed E-state index contributed by atoms with van der Waals surface area (Å²) in [6.07, 6.45) is 5.89. The molecular formula is C18H30N6O. The average molecular weight is 346 g/mol. The van der Waals surface area contributed by atoms with Gasteiger partial charge in [0.2, 0.25) is 5.95 Å². The Morgan fingerprint density at radius 3 is 2.56 bits per heavy atom. The highest BCUT2D eigenvalue weighted by atomic mass is 16.2. The maximum Gasteiger partial charge on any atom is 0.257 e. The molecule has 2 saturated heterocycles. The van der Waals surface area contributed by atoms with Crippen molar-refractivity contribution >= 4 is 11.9 Å². The second-order valence-electron chi connectivity index (χ2n) is 7.19. The molecule has 25 heavy (non-hydrogen) atoms. The van der Waals surface area contributed by atoms with E-state index in [2.05, 4.69) is 32.1 Å². The Kier molecular flexibility index (Phi) is 6.20. The minimum Gasteiger partial charge on any atom is -0.355 e.